The number of hydrogen-bond donors (Lipinski definition) is 1. The van der Waals surface area contributed by atoms with Crippen LogP contribution in [0.2, 0.25) is 0 Å². The van der Waals surface area contributed by atoms with Crippen LogP contribution in [0.25, 0.3) is 0 Å². The van der Waals surface area contributed by atoms with Crippen molar-refractivity contribution in [2.75, 3.05) is 0 Å². The first-order valence-electron chi connectivity index (χ1n) is 2.04. The first-order valence-corrected chi connectivity index (χ1v) is 2.04. The van der Waals surface area contributed by atoms with Gasteiger partial charge in [0.15, 0.2) is 0 Å². The SMILES string of the molecule is O=C1NC(=O)C(F)=C1F. The zero-order chi connectivity index (χ0) is 7.02. The molecule has 0 atom stereocenters. The van der Waals surface area contributed by atoms with Crippen LogP contribution in [-0.2, 0) is 9.59 Å². The Morgan fingerprint density at radius 1 is 1.00 bits per heavy atom. The van der Waals surface area contributed by atoms with E-state index in [4.69, 9.17) is 0 Å². The molecule has 2 amide bonds. The molecule has 0 radical (unpaired) electrons. The van der Waals surface area contributed by atoms with Crippen LogP contribution in [0, 0.1) is 0 Å². The predicted molar refractivity (Wildman–Crippen MR) is 22.4 cm³/mol. The third kappa shape index (κ3) is 0.697. The van der Waals surface area contributed by atoms with Crippen LogP contribution in [0.4, 0.5) is 8.78 Å². The van der Waals surface area contributed by atoms with Gasteiger partial charge >= 0.3 is 0 Å². The van der Waals surface area contributed by atoms with Crippen molar-refractivity contribution in [2.45, 2.75) is 0 Å². The van der Waals surface area contributed by atoms with Crippen molar-refractivity contribution in [3.05, 3.63) is 11.7 Å². The van der Waals surface area contributed by atoms with Gasteiger partial charge in [0.05, 0.1) is 0 Å². The molecule has 0 bridgehead atoms. The number of nitrogens with one attached hydrogen (secondary N) is 1. The lowest BCUT2D eigenvalue weighted by Gasteiger charge is -1.81. The second kappa shape index (κ2) is 1.61. The minimum atomic E-state index is -1.64. The Balaban J connectivity index is 3.06. The molecule has 9 heavy (non-hydrogen) atoms. The van der Waals surface area contributed by atoms with Crippen LogP contribution in [0.1, 0.15) is 0 Å². The average Bonchev–Trinajstić information content (AvgIpc) is 1.98. The van der Waals surface area contributed by atoms with E-state index < -0.39 is 23.5 Å². The Morgan fingerprint density at radius 3 is 1.44 bits per heavy atom. The molecule has 0 saturated heterocycles. The minimum Gasteiger partial charge on any atom is -0.284 e. The fraction of sp³-hybridized carbons (Fsp3) is 0. The van der Waals surface area contributed by atoms with Gasteiger partial charge in [0.2, 0.25) is 11.7 Å². The summed E-state index contributed by atoms with van der Waals surface area (Å²) in [6.45, 7) is 0. The van der Waals surface area contributed by atoms with E-state index in [1.807, 2.05) is 0 Å². The van der Waals surface area contributed by atoms with Gasteiger partial charge in [-0.3, -0.25) is 14.9 Å². The topological polar surface area (TPSA) is 46.2 Å². The zero-order valence-electron chi connectivity index (χ0n) is 4.07. The van der Waals surface area contributed by atoms with E-state index in [9.17, 15) is 18.4 Å². The first kappa shape index (κ1) is 5.87. The zero-order valence-corrected chi connectivity index (χ0v) is 4.07. The molecule has 1 aliphatic heterocycles. The number of rotatable bonds is 0. The van der Waals surface area contributed by atoms with Gasteiger partial charge < -0.3 is 0 Å². The number of carbonyl (C=O) groups is 2. The van der Waals surface area contributed by atoms with Crippen LogP contribution in [0.5, 0.6) is 0 Å². The Hall–Kier alpha value is -1.26. The van der Waals surface area contributed by atoms with Gasteiger partial charge in [-0.25, -0.2) is 0 Å². The van der Waals surface area contributed by atoms with Crippen molar-refractivity contribution >= 4 is 11.8 Å². The maximum Gasteiger partial charge on any atom is 0.290 e. The smallest absolute Gasteiger partial charge is 0.284 e. The fourth-order valence-electron chi connectivity index (χ4n) is 0.412. The number of halogens is 2. The minimum absolute atomic E-state index is 1.31. The third-order valence-corrected chi connectivity index (χ3v) is 0.818. The molecule has 0 aromatic heterocycles. The predicted octanol–water partition coefficient (Wildman–Crippen LogP) is -0.207. The van der Waals surface area contributed by atoms with E-state index in [0.29, 0.717) is 0 Å². The Morgan fingerprint density at radius 2 is 1.33 bits per heavy atom. The number of hydrogen-bond acceptors (Lipinski definition) is 2. The van der Waals surface area contributed by atoms with Gasteiger partial charge in [-0.2, -0.15) is 8.78 Å². The number of carbonyl (C=O) groups excluding carboxylic acids is 2. The number of imide groups is 1. The highest BCUT2D eigenvalue weighted by Gasteiger charge is 2.30. The Bertz CT molecular complexity index is 199. The summed E-state index contributed by atoms with van der Waals surface area (Å²) < 4.78 is 23.7. The van der Waals surface area contributed by atoms with Crippen molar-refractivity contribution < 1.29 is 18.4 Å². The molecular formula is C4HF2NO2. The van der Waals surface area contributed by atoms with Gasteiger partial charge in [0.25, 0.3) is 11.8 Å². The normalized spacial score (nSPS) is 18.9. The second-order valence-electron chi connectivity index (χ2n) is 1.41. The summed E-state index contributed by atoms with van der Waals surface area (Å²) in [5.74, 6) is -5.89. The van der Waals surface area contributed by atoms with E-state index in [1.165, 1.54) is 5.32 Å². The van der Waals surface area contributed by atoms with Crippen LogP contribution in [0.3, 0.4) is 0 Å². The molecule has 1 rings (SSSR count). The molecule has 48 valence electrons. The highest BCUT2D eigenvalue weighted by Crippen LogP contribution is 2.13. The van der Waals surface area contributed by atoms with E-state index in [-0.39, 0.29) is 0 Å². The lowest BCUT2D eigenvalue weighted by molar-refractivity contribution is -0.125. The molecule has 0 aromatic carbocycles. The largest absolute Gasteiger partial charge is 0.290 e. The Kier molecular flexibility index (Phi) is 1.05. The van der Waals surface area contributed by atoms with E-state index in [0.717, 1.165) is 0 Å². The van der Waals surface area contributed by atoms with Gasteiger partial charge in [0.1, 0.15) is 0 Å². The molecule has 0 aromatic rings. The third-order valence-electron chi connectivity index (χ3n) is 0.818. The van der Waals surface area contributed by atoms with Crippen molar-refractivity contribution in [2.24, 2.45) is 0 Å². The summed E-state index contributed by atoms with van der Waals surface area (Å²) in [6.07, 6.45) is 0. The monoisotopic (exact) mass is 133 g/mol. The molecule has 0 spiro atoms. The quantitative estimate of drug-likeness (QED) is 0.465. The van der Waals surface area contributed by atoms with Gasteiger partial charge in [0, 0.05) is 0 Å². The molecule has 5 heteroatoms. The lowest BCUT2D eigenvalue weighted by atomic mass is 10.5. The second-order valence-corrected chi connectivity index (χ2v) is 1.41. The van der Waals surface area contributed by atoms with Crippen LogP contribution < -0.4 is 5.32 Å². The van der Waals surface area contributed by atoms with Gasteiger partial charge in [-0.15, -0.1) is 0 Å². The molecule has 0 saturated carbocycles. The maximum atomic E-state index is 11.8. The maximum absolute atomic E-state index is 11.8. The van der Waals surface area contributed by atoms with E-state index in [1.54, 1.807) is 0 Å². The highest BCUT2D eigenvalue weighted by atomic mass is 19.2. The van der Waals surface area contributed by atoms with Crippen molar-refractivity contribution in [1.82, 2.24) is 5.32 Å². The Labute approximate surface area is 48.3 Å². The summed E-state index contributed by atoms with van der Waals surface area (Å²) in [6, 6.07) is 0. The molecule has 0 aliphatic carbocycles. The van der Waals surface area contributed by atoms with E-state index >= 15 is 0 Å². The molecule has 0 fully saturated rings. The van der Waals surface area contributed by atoms with Crippen LogP contribution >= 0.6 is 0 Å². The molecule has 1 aliphatic rings. The molecular weight excluding hydrogens is 132 g/mol. The van der Waals surface area contributed by atoms with Gasteiger partial charge in [-0.05, 0) is 0 Å². The lowest BCUT2D eigenvalue weighted by Crippen LogP contribution is -2.22. The van der Waals surface area contributed by atoms with E-state index in [2.05, 4.69) is 0 Å². The van der Waals surface area contributed by atoms with Crippen molar-refractivity contribution in [1.29, 1.82) is 0 Å². The molecule has 1 heterocycles. The van der Waals surface area contributed by atoms with Gasteiger partial charge in [-0.1, -0.05) is 0 Å². The summed E-state index contributed by atoms with van der Waals surface area (Å²) in [7, 11) is 0. The standard InChI is InChI=1S/C4HF2NO2/c5-1-2(6)4(9)7-3(1)8/h(H,7,8,9). The summed E-state index contributed by atoms with van der Waals surface area (Å²) in [4.78, 5) is 20.0. The summed E-state index contributed by atoms with van der Waals surface area (Å²) in [5, 5.41) is 1.41. The fourth-order valence-corrected chi connectivity index (χ4v) is 0.412. The van der Waals surface area contributed by atoms with Crippen LogP contribution in [0.15, 0.2) is 11.7 Å². The van der Waals surface area contributed by atoms with Crippen molar-refractivity contribution in [3.63, 3.8) is 0 Å². The van der Waals surface area contributed by atoms with Crippen LogP contribution in [-0.4, -0.2) is 11.8 Å². The first-order chi connectivity index (χ1) is 4.13. The summed E-state index contributed by atoms with van der Waals surface area (Å²) in [5.41, 5.74) is 0. The number of amides is 2. The molecule has 3 nitrogen and oxygen atoms in total. The average molecular weight is 133 g/mol. The highest BCUT2D eigenvalue weighted by molar-refractivity contribution is 6.17. The molecule has 0 unspecified atom stereocenters. The van der Waals surface area contributed by atoms with Crippen molar-refractivity contribution in [3.8, 4) is 0 Å². The summed E-state index contributed by atoms with van der Waals surface area (Å²) >= 11 is 0. The molecule has 1 N–H and O–H groups in total.